The Morgan fingerprint density at radius 3 is 2.38 bits per heavy atom. The van der Waals surface area contributed by atoms with Crippen LogP contribution in [-0.4, -0.2) is 64.0 Å². The summed E-state index contributed by atoms with van der Waals surface area (Å²) in [5.74, 6) is -0.865. The van der Waals surface area contributed by atoms with E-state index in [1.54, 1.807) is 23.7 Å². The average molecular weight is 517 g/mol. The first-order valence-electron chi connectivity index (χ1n) is 12.2. The Labute approximate surface area is 216 Å². The monoisotopic (exact) mass is 516 g/mol. The minimum Gasteiger partial charge on any atom is -0.331 e. The van der Waals surface area contributed by atoms with Gasteiger partial charge in [-0.15, -0.1) is 0 Å². The quantitative estimate of drug-likeness (QED) is 0.433. The van der Waals surface area contributed by atoms with Gasteiger partial charge in [-0.1, -0.05) is 51.1 Å². The first-order chi connectivity index (χ1) is 17.4. The standard InChI is InChI=1S/C27H35F3N6O/c1-27(2,3)23(35(26(37)34(4)5)14-13-20(31)16-28)25-32-24(21-15-19(29)11-12-22(21)30)33-36(25)17-18-9-7-6-8-10-18/h6-12,15,20,23H,13-14,16-17,31H2,1-5H3/t20-,23?/m1/s1. The van der Waals surface area contributed by atoms with Crippen LogP contribution in [0.5, 0.6) is 0 Å². The van der Waals surface area contributed by atoms with Gasteiger partial charge in [0.15, 0.2) is 11.6 Å². The van der Waals surface area contributed by atoms with Crippen LogP contribution in [0.3, 0.4) is 0 Å². The zero-order chi connectivity index (χ0) is 27.3. The number of nitrogens with zero attached hydrogens (tertiary/aromatic N) is 5. The Morgan fingerprint density at radius 2 is 1.78 bits per heavy atom. The smallest absolute Gasteiger partial charge is 0.320 e. The highest BCUT2D eigenvalue weighted by molar-refractivity contribution is 5.74. The molecular formula is C27H35F3N6O. The van der Waals surface area contributed by atoms with Crippen molar-refractivity contribution in [1.29, 1.82) is 0 Å². The van der Waals surface area contributed by atoms with Gasteiger partial charge in [0.05, 0.1) is 18.2 Å². The Bertz CT molecular complexity index is 1190. The fraction of sp³-hybridized carbons (Fsp3) is 0.444. The van der Waals surface area contributed by atoms with Crippen LogP contribution in [-0.2, 0) is 6.54 Å². The van der Waals surface area contributed by atoms with Crippen LogP contribution in [0.4, 0.5) is 18.0 Å². The summed E-state index contributed by atoms with van der Waals surface area (Å²) in [5.41, 5.74) is 6.12. The number of halogens is 3. The number of urea groups is 1. The molecule has 2 atom stereocenters. The first kappa shape index (κ1) is 28.2. The molecule has 0 bridgehead atoms. The van der Waals surface area contributed by atoms with E-state index in [1.807, 2.05) is 51.1 Å². The van der Waals surface area contributed by atoms with Crippen LogP contribution in [0.2, 0.25) is 0 Å². The molecule has 1 heterocycles. The van der Waals surface area contributed by atoms with Crippen molar-refractivity contribution in [3.63, 3.8) is 0 Å². The Morgan fingerprint density at radius 1 is 1.11 bits per heavy atom. The lowest BCUT2D eigenvalue weighted by Gasteiger charge is -2.41. The molecule has 2 N–H and O–H groups in total. The van der Waals surface area contributed by atoms with E-state index in [-0.39, 0.29) is 30.4 Å². The van der Waals surface area contributed by atoms with Crippen molar-refractivity contribution in [3.05, 3.63) is 71.6 Å². The number of benzene rings is 2. The highest BCUT2D eigenvalue weighted by atomic mass is 19.1. The molecule has 0 saturated carbocycles. The van der Waals surface area contributed by atoms with Crippen LogP contribution in [0, 0.1) is 17.0 Å². The summed E-state index contributed by atoms with van der Waals surface area (Å²) >= 11 is 0. The minimum atomic E-state index is -0.725. The molecule has 1 aromatic heterocycles. The van der Waals surface area contributed by atoms with Gasteiger partial charge in [-0.05, 0) is 35.6 Å². The maximum atomic E-state index is 14.7. The third-order valence-corrected chi connectivity index (χ3v) is 5.99. The van der Waals surface area contributed by atoms with Crippen molar-refractivity contribution < 1.29 is 18.0 Å². The van der Waals surface area contributed by atoms with Crippen LogP contribution in [0.1, 0.15) is 44.6 Å². The number of nitrogens with two attached hydrogens (primary N) is 1. The topological polar surface area (TPSA) is 80.3 Å². The molecule has 37 heavy (non-hydrogen) atoms. The van der Waals surface area contributed by atoms with Gasteiger partial charge in [0.25, 0.3) is 0 Å². The second kappa shape index (κ2) is 11.8. The summed E-state index contributed by atoms with van der Waals surface area (Å²) in [4.78, 5) is 21.1. The van der Waals surface area contributed by atoms with Crippen LogP contribution in [0.25, 0.3) is 11.4 Å². The van der Waals surface area contributed by atoms with E-state index < -0.39 is 35.8 Å². The second-order valence-electron chi connectivity index (χ2n) is 10.4. The van der Waals surface area contributed by atoms with E-state index in [2.05, 4.69) is 10.1 Å². The molecule has 0 spiro atoms. The lowest BCUT2D eigenvalue weighted by atomic mass is 9.84. The highest BCUT2D eigenvalue weighted by Gasteiger charge is 2.39. The zero-order valence-corrected chi connectivity index (χ0v) is 22.0. The van der Waals surface area contributed by atoms with Crippen molar-refractivity contribution in [2.24, 2.45) is 11.1 Å². The van der Waals surface area contributed by atoms with Gasteiger partial charge >= 0.3 is 6.03 Å². The molecule has 0 saturated heterocycles. The number of hydrogen-bond acceptors (Lipinski definition) is 4. The van der Waals surface area contributed by atoms with Crippen molar-refractivity contribution in [3.8, 4) is 11.4 Å². The van der Waals surface area contributed by atoms with Gasteiger partial charge < -0.3 is 15.5 Å². The van der Waals surface area contributed by atoms with Crippen molar-refractivity contribution in [2.75, 3.05) is 27.3 Å². The van der Waals surface area contributed by atoms with E-state index in [4.69, 9.17) is 5.73 Å². The summed E-state index contributed by atoms with van der Waals surface area (Å²) in [6.45, 7) is 5.61. The van der Waals surface area contributed by atoms with Crippen molar-refractivity contribution in [2.45, 2.75) is 45.8 Å². The number of amides is 2. The summed E-state index contributed by atoms with van der Waals surface area (Å²) < 4.78 is 43.6. The lowest BCUT2D eigenvalue weighted by molar-refractivity contribution is 0.0892. The van der Waals surface area contributed by atoms with Gasteiger partial charge in [0, 0.05) is 26.7 Å². The normalized spacial score (nSPS) is 13.3. The van der Waals surface area contributed by atoms with Gasteiger partial charge in [-0.3, -0.25) is 0 Å². The number of alkyl halides is 1. The second-order valence-corrected chi connectivity index (χ2v) is 10.4. The first-order valence-corrected chi connectivity index (χ1v) is 12.2. The highest BCUT2D eigenvalue weighted by Crippen LogP contribution is 2.39. The van der Waals surface area contributed by atoms with Gasteiger partial charge in [-0.2, -0.15) is 5.10 Å². The molecule has 0 radical (unpaired) electrons. The Balaban J connectivity index is 2.21. The minimum absolute atomic E-state index is 0.00916. The molecule has 2 amide bonds. The predicted molar refractivity (Wildman–Crippen MR) is 137 cm³/mol. The molecule has 0 fully saturated rings. The van der Waals surface area contributed by atoms with Crippen LogP contribution >= 0.6 is 0 Å². The molecule has 0 aliphatic heterocycles. The SMILES string of the molecule is CN(C)C(=O)N(CC[C@@H](N)CF)C(c1nc(-c2cc(F)ccc2F)nn1Cc1ccccc1)C(C)(C)C. The molecule has 3 aromatic rings. The maximum Gasteiger partial charge on any atom is 0.320 e. The molecule has 0 aliphatic carbocycles. The lowest BCUT2D eigenvalue weighted by Crippen LogP contribution is -2.48. The molecule has 200 valence electrons. The van der Waals surface area contributed by atoms with Gasteiger partial charge in [-0.25, -0.2) is 27.6 Å². The average Bonchev–Trinajstić information content (AvgIpc) is 3.24. The van der Waals surface area contributed by atoms with E-state index in [9.17, 15) is 18.0 Å². The number of carbonyl (C=O) groups excluding carboxylic acids is 1. The Kier molecular flexibility index (Phi) is 8.96. The third kappa shape index (κ3) is 6.88. The van der Waals surface area contributed by atoms with E-state index in [0.29, 0.717) is 12.4 Å². The Hall–Kier alpha value is -3.40. The zero-order valence-electron chi connectivity index (χ0n) is 22.0. The van der Waals surface area contributed by atoms with Gasteiger partial charge in [0.1, 0.15) is 18.3 Å². The molecule has 2 aromatic carbocycles. The van der Waals surface area contributed by atoms with E-state index in [1.165, 1.54) is 4.90 Å². The molecular weight excluding hydrogens is 481 g/mol. The molecule has 1 unspecified atom stereocenters. The summed E-state index contributed by atoms with van der Waals surface area (Å²) in [6, 6.07) is 11.0. The molecule has 10 heteroatoms. The fourth-order valence-corrected chi connectivity index (χ4v) is 4.18. The number of carbonyl (C=O) groups is 1. The number of rotatable bonds is 9. The summed E-state index contributed by atoms with van der Waals surface area (Å²) in [6.07, 6.45) is 0.237. The fourth-order valence-electron chi connectivity index (χ4n) is 4.18. The van der Waals surface area contributed by atoms with Crippen molar-refractivity contribution >= 4 is 6.03 Å². The summed E-state index contributed by atoms with van der Waals surface area (Å²) in [7, 11) is 3.26. The largest absolute Gasteiger partial charge is 0.331 e. The number of hydrogen-bond donors (Lipinski definition) is 1. The van der Waals surface area contributed by atoms with Crippen molar-refractivity contribution in [1.82, 2.24) is 24.6 Å². The maximum absolute atomic E-state index is 14.7. The van der Waals surface area contributed by atoms with Gasteiger partial charge in [0.2, 0.25) is 0 Å². The van der Waals surface area contributed by atoms with E-state index in [0.717, 1.165) is 23.8 Å². The summed E-state index contributed by atoms with van der Waals surface area (Å²) in [5, 5.41) is 4.57. The number of aromatic nitrogens is 3. The third-order valence-electron chi connectivity index (χ3n) is 5.99. The van der Waals surface area contributed by atoms with Crippen LogP contribution < -0.4 is 5.73 Å². The molecule has 7 nitrogen and oxygen atoms in total. The molecule has 3 rings (SSSR count). The van der Waals surface area contributed by atoms with E-state index >= 15 is 0 Å². The molecule has 0 aliphatic rings. The predicted octanol–water partition coefficient (Wildman–Crippen LogP) is 5.03. The van der Waals surface area contributed by atoms with Crippen LogP contribution in [0.15, 0.2) is 48.5 Å².